The number of aromatic nitrogens is 2. The highest BCUT2D eigenvalue weighted by molar-refractivity contribution is 8.00. The van der Waals surface area contributed by atoms with Crippen molar-refractivity contribution in [3.63, 3.8) is 0 Å². The molecule has 0 spiro atoms. The van der Waals surface area contributed by atoms with Crippen molar-refractivity contribution in [3.05, 3.63) is 30.1 Å². The first-order chi connectivity index (χ1) is 10.2. The van der Waals surface area contributed by atoms with E-state index in [0.717, 1.165) is 16.5 Å². The first kappa shape index (κ1) is 13.9. The zero-order chi connectivity index (χ0) is 14.8. The largest absolute Gasteiger partial charge is 0.465 e. The van der Waals surface area contributed by atoms with Crippen molar-refractivity contribution in [2.45, 2.75) is 18.9 Å². The molecule has 0 N–H and O–H groups in total. The Morgan fingerprint density at radius 1 is 1.33 bits per heavy atom. The second kappa shape index (κ2) is 5.73. The molecule has 0 bridgehead atoms. The van der Waals surface area contributed by atoms with Gasteiger partial charge in [0.2, 0.25) is 0 Å². The van der Waals surface area contributed by atoms with E-state index in [0.29, 0.717) is 23.0 Å². The van der Waals surface area contributed by atoms with Gasteiger partial charge in [0.1, 0.15) is 22.0 Å². The van der Waals surface area contributed by atoms with Crippen molar-refractivity contribution >= 4 is 39.8 Å². The minimum absolute atomic E-state index is 0.205. The summed E-state index contributed by atoms with van der Waals surface area (Å²) in [6.45, 7) is 3.99. The molecular weight excluding hydrogens is 288 g/mol. The molecule has 3 aromatic rings. The molecule has 0 atom stereocenters. The summed E-state index contributed by atoms with van der Waals surface area (Å²) in [7, 11) is 0. The number of hydrogen-bond donors (Lipinski definition) is 0. The maximum Gasteiger partial charge on any atom is 0.316 e. The standard InChI is InChI=1S/C15H14N2O3S/c1-3-19-12(18)8-21-15-14-13(16-9(2)17-15)10-6-4-5-7-11(10)20-14/h4-7H,3,8H2,1-2H3. The molecule has 0 aliphatic heterocycles. The Hall–Kier alpha value is -2.08. The molecule has 1 aromatic carbocycles. The average Bonchev–Trinajstić information content (AvgIpc) is 2.84. The fourth-order valence-electron chi connectivity index (χ4n) is 2.10. The van der Waals surface area contributed by atoms with E-state index in [4.69, 9.17) is 9.15 Å². The highest BCUT2D eigenvalue weighted by Gasteiger charge is 2.16. The van der Waals surface area contributed by atoms with E-state index in [1.807, 2.05) is 31.2 Å². The number of furan rings is 1. The van der Waals surface area contributed by atoms with Crippen molar-refractivity contribution in [3.8, 4) is 0 Å². The van der Waals surface area contributed by atoms with E-state index < -0.39 is 0 Å². The molecule has 6 heteroatoms. The van der Waals surface area contributed by atoms with E-state index in [2.05, 4.69) is 9.97 Å². The van der Waals surface area contributed by atoms with Crippen LogP contribution in [-0.4, -0.2) is 28.3 Å². The maximum absolute atomic E-state index is 11.5. The number of carbonyl (C=O) groups excluding carboxylic acids is 1. The van der Waals surface area contributed by atoms with Gasteiger partial charge in [0.25, 0.3) is 0 Å². The summed E-state index contributed by atoms with van der Waals surface area (Å²) in [5.74, 6) is 0.597. The highest BCUT2D eigenvalue weighted by Crippen LogP contribution is 2.32. The van der Waals surface area contributed by atoms with Crippen LogP contribution >= 0.6 is 11.8 Å². The molecule has 0 amide bonds. The Labute approximate surface area is 125 Å². The average molecular weight is 302 g/mol. The van der Waals surface area contributed by atoms with Gasteiger partial charge in [-0.15, -0.1) is 0 Å². The molecule has 0 saturated heterocycles. The van der Waals surface area contributed by atoms with Gasteiger partial charge in [-0.1, -0.05) is 23.9 Å². The zero-order valence-corrected chi connectivity index (χ0v) is 12.6. The number of para-hydroxylation sites is 1. The number of thioether (sulfide) groups is 1. The Kier molecular flexibility index (Phi) is 3.79. The number of aryl methyl sites for hydroxylation is 1. The van der Waals surface area contributed by atoms with Gasteiger partial charge in [0.15, 0.2) is 5.58 Å². The summed E-state index contributed by atoms with van der Waals surface area (Å²) in [5, 5.41) is 1.62. The number of rotatable bonds is 4. The molecule has 3 rings (SSSR count). The Morgan fingerprint density at radius 3 is 2.95 bits per heavy atom. The van der Waals surface area contributed by atoms with Gasteiger partial charge in [0, 0.05) is 5.39 Å². The van der Waals surface area contributed by atoms with Crippen LogP contribution in [-0.2, 0) is 9.53 Å². The van der Waals surface area contributed by atoms with Crippen LogP contribution in [0.5, 0.6) is 0 Å². The summed E-state index contributed by atoms with van der Waals surface area (Å²) < 4.78 is 10.8. The predicted octanol–water partition coefficient (Wildman–Crippen LogP) is 3.34. The lowest BCUT2D eigenvalue weighted by molar-refractivity contribution is -0.139. The summed E-state index contributed by atoms with van der Waals surface area (Å²) >= 11 is 1.31. The van der Waals surface area contributed by atoms with Crippen molar-refractivity contribution in [1.82, 2.24) is 9.97 Å². The van der Waals surface area contributed by atoms with Gasteiger partial charge in [-0.05, 0) is 26.0 Å². The molecule has 21 heavy (non-hydrogen) atoms. The third-order valence-electron chi connectivity index (χ3n) is 2.93. The third-order valence-corrected chi connectivity index (χ3v) is 3.86. The molecule has 2 aromatic heterocycles. The SMILES string of the molecule is CCOC(=O)CSc1nc(C)nc2c1oc1ccccc12. The monoisotopic (exact) mass is 302 g/mol. The summed E-state index contributed by atoms with van der Waals surface area (Å²) in [4.78, 5) is 20.3. The first-order valence-electron chi connectivity index (χ1n) is 6.63. The smallest absolute Gasteiger partial charge is 0.316 e. The lowest BCUT2D eigenvalue weighted by Crippen LogP contribution is -2.07. The summed E-state index contributed by atoms with van der Waals surface area (Å²) in [5.41, 5.74) is 2.17. The Balaban J connectivity index is 2.03. The summed E-state index contributed by atoms with van der Waals surface area (Å²) in [6.07, 6.45) is 0. The lowest BCUT2D eigenvalue weighted by atomic mass is 10.2. The number of ether oxygens (including phenoxy) is 1. The second-order valence-electron chi connectivity index (χ2n) is 4.45. The van der Waals surface area contributed by atoms with Crippen LogP contribution < -0.4 is 0 Å². The van der Waals surface area contributed by atoms with Gasteiger partial charge in [-0.3, -0.25) is 4.79 Å². The van der Waals surface area contributed by atoms with Crippen LogP contribution in [0.25, 0.3) is 22.1 Å². The van der Waals surface area contributed by atoms with Crippen LogP contribution in [0.15, 0.2) is 33.7 Å². The lowest BCUT2D eigenvalue weighted by Gasteiger charge is -2.03. The summed E-state index contributed by atoms with van der Waals surface area (Å²) in [6, 6.07) is 7.72. The second-order valence-corrected chi connectivity index (χ2v) is 5.41. The van der Waals surface area contributed by atoms with Gasteiger partial charge in [0.05, 0.1) is 12.4 Å². The predicted molar refractivity (Wildman–Crippen MR) is 81.4 cm³/mol. The van der Waals surface area contributed by atoms with E-state index in [1.165, 1.54) is 11.8 Å². The molecule has 0 unspecified atom stereocenters. The van der Waals surface area contributed by atoms with Crippen molar-refractivity contribution < 1.29 is 13.9 Å². The normalized spacial score (nSPS) is 11.1. The Morgan fingerprint density at radius 2 is 2.14 bits per heavy atom. The van der Waals surface area contributed by atoms with Crippen molar-refractivity contribution in [2.75, 3.05) is 12.4 Å². The molecule has 0 aliphatic carbocycles. The number of hydrogen-bond acceptors (Lipinski definition) is 6. The third kappa shape index (κ3) is 2.71. The molecule has 5 nitrogen and oxygen atoms in total. The van der Waals surface area contributed by atoms with Crippen molar-refractivity contribution in [2.24, 2.45) is 0 Å². The quantitative estimate of drug-likeness (QED) is 0.418. The Bertz CT molecular complexity index is 813. The van der Waals surface area contributed by atoms with Gasteiger partial charge in [-0.25, -0.2) is 9.97 Å². The topological polar surface area (TPSA) is 65.2 Å². The van der Waals surface area contributed by atoms with Crippen LogP contribution in [0.3, 0.4) is 0 Å². The number of benzene rings is 1. The fraction of sp³-hybridized carbons (Fsp3) is 0.267. The molecule has 0 saturated carbocycles. The van der Waals surface area contributed by atoms with E-state index >= 15 is 0 Å². The minimum atomic E-state index is -0.261. The van der Waals surface area contributed by atoms with Crippen LogP contribution in [0.4, 0.5) is 0 Å². The molecule has 108 valence electrons. The number of nitrogens with zero attached hydrogens (tertiary/aromatic N) is 2. The molecular formula is C15H14N2O3S. The van der Waals surface area contributed by atoms with Crippen molar-refractivity contribution in [1.29, 1.82) is 0 Å². The van der Waals surface area contributed by atoms with E-state index in [1.54, 1.807) is 6.92 Å². The highest BCUT2D eigenvalue weighted by atomic mass is 32.2. The first-order valence-corrected chi connectivity index (χ1v) is 7.62. The number of esters is 1. The van der Waals surface area contributed by atoms with Crippen LogP contribution in [0, 0.1) is 6.92 Å². The van der Waals surface area contributed by atoms with Gasteiger partial charge >= 0.3 is 5.97 Å². The molecule has 2 heterocycles. The molecule has 0 radical (unpaired) electrons. The molecule has 0 fully saturated rings. The minimum Gasteiger partial charge on any atom is -0.465 e. The zero-order valence-electron chi connectivity index (χ0n) is 11.8. The van der Waals surface area contributed by atoms with E-state index in [9.17, 15) is 4.79 Å². The number of fused-ring (bicyclic) bond motifs is 3. The van der Waals surface area contributed by atoms with Crippen LogP contribution in [0.2, 0.25) is 0 Å². The van der Waals surface area contributed by atoms with Gasteiger partial charge in [-0.2, -0.15) is 0 Å². The number of carbonyl (C=O) groups is 1. The maximum atomic E-state index is 11.5. The van der Waals surface area contributed by atoms with E-state index in [-0.39, 0.29) is 11.7 Å². The molecule has 0 aliphatic rings. The van der Waals surface area contributed by atoms with Crippen LogP contribution in [0.1, 0.15) is 12.7 Å². The van der Waals surface area contributed by atoms with Gasteiger partial charge < -0.3 is 9.15 Å². The fourth-order valence-corrected chi connectivity index (χ4v) is 2.90.